The first-order valence-corrected chi connectivity index (χ1v) is 10.3. The third kappa shape index (κ3) is 4.90. The molecule has 2 heterocycles. The number of aliphatic hydroxyl groups excluding tert-OH is 1. The Hall–Kier alpha value is -1.96. The number of hydrogen-bond acceptors (Lipinski definition) is 4. The van der Waals surface area contributed by atoms with Gasteiger partial charge in [-0.3, -0.25) is 4.79 Å². The molecule has 0 saturated carbocycles. The van der Waals surface area contributed by atoms with E-state index in [1.165, 1.54) is 0 Å². The molecule has 0 aliphatic carbocycles. The second-order valence-corrected chi connectivity index (χ2v) is 7.82. The summed E-state index contributed by atoms with van der Waals surface area (Å²) in [7, 11) is 0. The van der Waals surface area contributed by atoms with E-state index in [4.69, 9.17) is 17.0 Å². The van der Waals surface area contributed by atoms with Gasteiger partial charge in [0.05, 0.1) is 18.2 Å². The molecule has 28 heavy (non-hydrogen) atoms. The van der Waals surface area contributed by atoms with Crippen LogP contribution in [0.15, 0.2) is 23.0 Å². The molecule has 6 nitrogen and oxygen atoms in total. The van der Waals surface area contributed by atoms with E-state index < -0.39 is 0 Å². The summed E-state index contributed by atoms with van der Waals surface area (Å²) in [5, 5.41) is 14.2. The maximum Gasteiger partial charge on any atom is 0.253 e. The first-order chi connectivity index (χ1) is 13.5. The smallest absolute Gasteiger partial charge is 0.253 e. The lowest BCUT2D eigenvalue weighted by Gasteiger charge is -2.26. The Balaban J connectivity index is 1.79. The van der Waals surface area contributed by atoms with Gasteiger partial charge in [0.25, 0.3) is 5.56 Å². The maximum absolute atomic E-state index is 12.7. The molecule has 1 aromatic carbocycles. The van der Waals surface area contributed by atoms with E-state index in [1.54, 1.807) is 0 Å². The number of ether oxygens (including phenoxy) is 1. The topological polar surface area (TPSA) is 77.6 Å². The van der Waals surface area contributed by atoms with Crippen LogP contribution in [-0.2, 0) is 11.3 Å². The van der Waals surface area contributed by atoms with Crippen molar-refractivity contribution >= 4 is 28.2 Å². The van der Waals surface area contributed by atoms with Crippen molar-refractivity contribution in [3.8, 4) is 0 Å². The van der Waals surface area contributed by atoms with Crippen molar-refractivity contribution in [3.63, 3.8) is 0 Å². The number of thiocarbonyl (C=S) groups is 1. The van der Waals surface area contributed by atoms with Crippen LogP contribution in [0.4, 0.5) is 0 Å². The molecule has 0 radical (unpaired) electrons. The number of aromatic amines is 1. The number of aryl methyl sites for hydroxylation is 2. The minimum atomic E-state index is -0.0999. The SMILES string of the molecule is Cc1ccc(C)c2[nH]c(=O)c(CN(CCCO)C(=S)NC[C@@H]3CCCO3)cc12. The summed E-state index contributed by atoms with van der Waals surface area (Å²) in [5.74, 6) is 0. The predicted molar refractivity (Wildman–Crippen MR) is 116 cm³/mol. The Morgan fingerprint density at radius 2 is 2.18 bits per heavy atom. The largest absolute Gasteiger partial charge is 0.396 e. The minimum absolute atomic E-state index is 0.0806. The van der Waals surface area contributed by atoms with Crippen LogP contribution in [-0.4, -0.2) is 52.5 Å². The van der Waals surface area contributed by atoms with Gasteiger partial charge in [0.15, 0.2) is 5.11 Å². The number of aromatic nitrogens is 1. The van der Waals surface area contributed by atoms with Crippen molar-refractivity contribution in [2.45, 2.75) is 45.8 Å². The average molecular weight is 404 g/mol. The van der Waals surface area contributed by atoms with Crippen LogP contribution in [0.3, 0.4) is 0 Å². The summed E-state index contributed by atoms with van der Waals surface area (Å²) in [6.45, 7) is 6.57. The van der Waals surface area contributed by atoms with Crippen LogP contribution < -0.4 is 10.9 Å². The molecule has 152 valence electrons. The van der Waals surface area contributed by atoms with Crippen molar-refractivity contribution in [2.24, 2.45) is 0 Å². The average Bonchev–Trinajstić information content (AvgIpc) is 3.20. The number of fused-ring (bicyclic) bond motifs is 1. The van der Waals surface area contributed by atoms with Gasteiger partial charge < -0.3 is 25.0 Å². The number of rotatable bonds is 7. The summed E-state index contributed by atoms with van der Waals surface area (Å²) in [6, 6.07) is 6.05. The minimum Gasteiger partial charge on any atom is -0.396 e. The van der Waals surface area contributed by atoms with Crippen molar-refractivity contribution in [1.29, 1.82) is 0 Å². The molecule has 0 unspecified atom stereocenters. The van der Waals surface area contributed by atoms with Crippen molar-refractivity contribution in [1.82, 2.24) is 15.2 Å². The van der Waals surface area contributed by atoms with Crippen LogP contribution >= 0.6 is 12.2 Å². The van der Waals surface area contributed by atoms with Gasteiger partial charge in [0.1, 0.15) is 0 Å². The van der Waals surface area contributed by atoms with Gasteiger partial charge in [-0.05, 0) is 62.5 Å². The van der Waals surface area contributed by atoms with Crippen molar-refractivity contribution in [2.75, 3.05) is 26.3 Å². The fourth-order valence-electron chi connectivity index (χ4n) is 3.57. The summed E-state index contributed by atoms with van der Waals surface area (Å²) in [6.07, 6.45) is 2.89. The molecule has 1 fully saturated rings. The number of nitrogens with one attached hydrogen (secondary N) is 2. The Morgan fingerprint density at radius 1 is 1.39 bits per heavy atom. The van der Waals surface area contributed by atoms with E-state index in [-0.39, 0.29) is 18.3 Å². The molecular formula is C21H29N3O3S. The number of benzene rings is 1. The van der Waals surface area contributed by atoms with Gasteiger partial charge in [-0.2, -0.15) is 0 Å². The normalized spacial score (nSPS) is 16.5. The second kappa shape index (κ2) is 9.49. The van der Waals surface area contributed by atoms with Gasteiger partial charge in [-0.25, -0.2) is 0 Å². The zero-order chi connectivity index (χ0) is 20.1. The van der Waals surface area contributed by atoms with E-state index in [1.807, 2.05) is 30.9 Å². The standard InChI is InChI=1S/C21H29N3O3S/c1-14-6-7-15(2)19-18(14)11-16(20(26)23-19)13-24(8-4-9-25)21(28)22-12-17-5-3-10-27-17/h6-7,11,17,25H,3-5,8-10,12-13H2,1-2H3,(H,22,28)(H,23,26)/t17-/m0/s1. The molecule has 0 bridgehead atoms. The highest BCUT2D eigenvalue weighted by Gasteiger charge is 2.18. The van der Waals surface area contributed by atoms with Gasteiger partial charge in [0, 0.05) is 37.3 Å². The zero-order valence-electron chi connectivity index (χ0n) is 16.6. The lowest BCUT2D eigenvalue weighted by Crippen LogP contribution is -2.43. The van der Waals surface area contributed by atoms with Crippen LogP contribution in [0, 0.1) is 13.8 Å². The first-order valence-electron chi connectivity index (χ1n) is 9.87. The molecule has 3 N–H and O–H groups in total. The van der Waals surface area contributed by atoms with Crippen molar-refractivity contribution in [3.05, 3.63) is 45.2 Å². The monoisotopic (exact) mass is 403 g/mol. The van der Waals surface area contributed by atoms with Crippen LogP contribution in [0.25, 0.3) is 10.9 Å². The Labute approximate surface area is 170 Å². The second-order valence-electron chi connectivity index (χ2n) is 7.43. The van der Waals surface area contributed by atoms with E-state index in [9.17, 15) is 9.90 Å². The van der Waals surface area contributed by atoms with Gasteiger partial charge in [-0.15, -0.1) is 0 Å². The van der Waals surface area contributed by atoms with E-state index in [2.05, 4.69) is 16.4 Å². The van der Waals surface area contributed by atoms with Gasteiger partial charge in [-0.1, -0.05) is 12.1 Å². The highest BCUT2D eigenvalue weighted by Crippen LogP contribution is 2.20. The lowest BCUT2D eigenvalue weighted by molar-refractivity contribution is 0.113. The third-order valence-corrected chi connectivity index (χ3v) is 5.66. The Kier molecular flexibility index (Phi) is 7.04. The van der Waals surface area contributed by atoms with E-state index in [0.29, 0.717) is 36.7 Å². The molecule has 7 heteroatoms. The summed E-state index contributed by atoms with van der Waals surface area (Å²) >= 11 is 5.57. The third-order valence-electron chi connectivity index (χ3n) is 5.26. The highest BCUT2D eigenvalue weighted by atomic mass is 32.1. The maximum atomic E-state index is 12.7. The quantitative estimate of drug-likeness (QED) is 0.616. The van der Waals surface area contributed by atoms with Crippen LogP contribution in [0.1, 0.15) is 36.0 Å². The molecule has 1 aromatic heterocycles. The number of hydrogen-bond donors (Lipinski definition) is 3. The fourth-order valence-corrected chi connectivity index (χ4v) is 3.81. The summed E-state index contributed by atoms with van der Waals surface area (Å²) in [5.41, 5.74) is 3.63. The molecule has 3 rings (SSSR count). The van der Waals surface area contributed by atoms with E-state index >= 15 is 0 Å². The van der Waals surface area contributed by atoms with E-state index in [0.717, 1.165) is 41.5 Å². The molecule has 1 aliphatic heterocycles. The molecule has 0 spiro atoms. The van der Waals surface area contributed by atoms with Gasteiger partial charge >= 0.3 is 0 Å². The lowest BCUT2D eigenvalue weighted by atomic mass is 10.0. The molecule has 2 aromatic rings. The highest BCUT2D eigenvalue weighted by molar-refractivity contribution is 7.80. The molecule has 1 atom stereocenters. The number of aliphatic hydroxyl groups is 1. The van der Waals surface area contributed by atoms with Gasteiger partial charge in [0.2, 0.25) is 0 Å². The molecule has 1 saturated heterocycles. The van der Waals surface area contributed by atoms with Crippen LogP contribution in [0.2, 0.25) is 0 Å². The zero-order valence-corrected chi connectivity index (χ0v) is 17.4. The molecular weight excluding hydrogens is 374 g/mol. The fraction of sp³-hybridized carbons (Fsp3) is 0.524. The number of H-pyrrole nitrogens is 1. The van der Waals surface area contributed by atoms with Crippen molar-refractivity contribution < 1.29 is 9.84 Å². The predicted octanol–water partition coefficient (Wildman–Crippen LogP) is 2.38. The molecule has 1 aliphatic rings. The summed E-state index contributed by atoms with van der Waals surface area (Å²) in [4.78, 5) is 17.7. The number of nitrogens with zero attached hydrogens (tertiary/aromatic N) is 1. The molecule has 0 amide bonds. The Morgan fingerprint density at radius 3 is 2.89 bits per heavy atom. The Bertz CT molecular complexity index is 890. The first kappa shape index (κ1) is 20.8. The number of pyridine rings is 1. The van der Waals surface area contributed by atoms with Crippen LogP contribution in [0.5, 0.6) is 0 Å². The summed E-state index contributed by atoms with van der Waals surface area (Å²) < 4.78 is 5.64.